The summed E-state index contributed by atoms with van der Waals surface area (Å²) < 4.78 is 2.16. The van der Waals surface area contributed by atoms with E-state index >= 15 is 0 Å². The van der Waals surface area contributed by atoms with Gasteiger partial charge >= 0.3 is 0 Å². The van der Waals surface area contributed by atoms with Gasteiger partial charge in [0.1, 0.15) is 0 Å². The van der Waals surface area contributed by atoms with Gasteiger partial charge in [0.25, 0.3) is 0 Å². The highest BCUT2D eigenvalue weighted by Crippen LogP contribution is 2.13. The normalized spacial score (nSPS) is 13.4. The van der Waals surface area contributed by atoms with Crippen LogP contribution in [-0.4, -0.2) is 41.1 Å². The van der Waals surface area contributed by atoms with E-state index in [0.717, 1.165) is 18.9 Å². The molecule has 1 heterocycles. The first-order chi connectivity index (χ1) is 7.50. The zero-order chi connectivity index (χ0) is 12.1. The van der Waals surface area contributed by atoms with E-state index in [0.29, 0.717) is 12.1 Å². The molecule has 0 fully saturated rings. The number of anilines is 1. The first kappa shape index (κ1) is 13.0. The van der Waals surface area contributed by atoms with Crippen LogP contribution >= 0.6 is 0 Å². The molecular formula is C12H24N4. The lowest BCUT2D eigenvalue weighted by molar-refractivity contribution is 0.389. The van der Waals surface area contributed by atoms with Crippen LogP contribution in [0.2, 0.25) is 0 Å². The minimum atomic E-state index is 0.447. The average Bonchev–Trinajstić information content (AvgIpc) is 2.62. The summed E-state index contributed by atoms with van der Waals surface area (Å²) in [6, 6.07) is 0.897. The third-order valence-corrected chi connectivity index (χ3v) is 2.61. The van der Waals surface area contributed by atoms with Crippen molar-refractivity contribution >= 4 is 5.95 Å². The van der Waals surface area contributed by atoms with E-state index in [9.17, 15) is 0 Å². The largest absolute Gasteiger partial charge is 0.353 e. The topological polar surface area (TPSA) is 33.1 Å². The first-order valence-corrected chi connectivity index (χ1v) is 5.94. The van der Waals surface area contributed by atoms with Gasteiger partial charge < -0.3 is 14.8 Å². The minimum Gasteiger partial charge on any atom is -0.353 e. The maximum Gasteiger partial charge on any atom is 0.203 e. The monoisotopic (exact) mass is 224 g/mol. The van der Waals surface area contributed by atoms with Crippen LogP contribution in [-0.2, 0) is 0 Å². The van der Waals surface area contributed by atoms with Crippen molar-refractivity contribution in [1.82, 2.24) is 14.5 Å². The van der Waals surface area contributed by atoms with Crippen LogP contribution in [0, 0.1) is 0 Å². The van der Waals surface area contributed by atoms with Crippen LogP contribution in [0.1, 0.15) is 33.2 Å². The van der Waals surface area contributed by atoms with Gasteiger partial charge in [0, 0.05) is 24.5 Å². The second-order valence-electron chi connectivity index (χ2n) is 4.89. The fourth-order valence-corrected chi connectivity index (χ4v) is 1.59. The number of hydrogen-bond donors (Lipinski definition) is 1. The molecule has 1 atom stereocenters. The first-order valence-electron chi connectivity index (χ1n) is 5.94. The molecule has 1 rings (SSSR count). The Balaban J connectivity index is 2.49. The van der Waals surface area contributed by atoms with E-state index in [2.05, 4.69) is 54.6 Å². The molecule has 0 saturated carbocycles. The molecule has 0 aliphatic carbocycles. The van der Waals surface area contributed by atoms with Gasteiger partial charge in [-0.2, -0.15) is 0 Å². The second-order valence-corrected chi connectivity index (χ2v) is 4.89. The van der Waals surface area contributed by atoms with Gasteiger partial charge in [-0.05, 0) is 47.8 Å². The van der Waals surface area contributed by atoms with E-state index < -0.39 is 0 Å². The van der Waals surface area contributed by atoms with Gasteiger partial charge in [-0.1, -0.05) is 0 Å². The summed E-state index contributed by atoms with van der Waals surface area (Å²) in [6.45, 7) is 7.62. The molecular weight excluding hydrogens is 200 g/mol. The molecule has 0 aromatic carbocycles. The summed E-state index contributed by atoms with van der Waals surface area (Å²) in [5.41, 5.74) is 0. The molecule has 1 unspecified atom stereocenters. The third-order valence-electron chi connectivity index (χ3n) is 2.61. The average molecular weight is 224 g/mol. The lowest BCUT2D eigenvalue weighted by Gasteiger charge is -2.19. The number of aromatic nitrogens is 2. The van der Waals surface area contributed by atoms with Gasteiger partial charge in [0.15, 0.2) is 0 Å². The lowest BCUT2D eigenvalue weighted by atomic mass is 10.2. The Hall–Kier alpha value is -1.03. The van der Waals surface area contributed by atoms with E-state index in [1.807, 2.05) is 12.4 Å². The summed E-state index contributed by atoms with van der Waals surface area (Å²) in [5.74, 6) is 0.973. The summed E-state index contributed by atoms with van der Waals surface area (Å²) >= 11 is 0. The van der Waals surface area contributed by atoms with Crippen molar-refractivity contribution in [3.8, 4) is 0 Å². The summed E-state index contributed by atoms with van der Waals surface area (Å²) in [5, 5.41) is 3.45. The summed E-state index contributed by atoms with van der Waals surface area (Å²) in [6.07, 6.45) is 4.99. The van der Waals surface area contributed by atoms with Crippen molar-refractivity contribution in [1.29, 1.82) is 0 Å². The van der Waals surface area contributed by atoms with E-state index in [4.69, 9.17) is 0 Å². The standard InChI is InChI=1S/C12H24N4/c1-10(2)16-9-7-13-12(16)14-11(3)6-8-15(4)5/h7,9-11H,6,8H2,1-5H3,(H,13,14). The van der Waals surface area contributed by atoms with Crippen LogP contribution in [0.5, 0.6) is 0 Å². The van der Waals surface area contributed by atoms with E-state index in [1.54, 1.807) is 0 Å². The van der Waals surface area contributed by atoms with Crippen molar-refractivity contribution in [2.24, 2.45) is 0 Å². The zero-order valence-corrected chi connectivity index (χ0v) is 11.1. The number of hydrogen-bond acceptors (Lipinski definition) is 3. The van der Waals surface area contributed by atoms with Crippen LogP contribution < -0.4 is 5.32 Å². The highest BCUT2D eigenvalue weighted by atomic mass is 15.2. The molecule has 4 nitrogen and oxygen atoms in total. The molecule has 0 saturated heterocycles. The molecule has 0 bridgehead atoms. The Morgan fingerprint density at radius 2 is 2.06 bits per heavy atom. The van der Waals surface area contributed by atoms with Crippen LogP contribution in [0.25, 0.3) is 0 Å². The van der Waals surface area contributed by atoms with Gasteiger partial charge in [-0.25, -0.2) is 4.98 Å². The Morgan fingerprint density at radius 1 is 1.38 bits per heavy atom. The molecule has 4 heteroatoms. The lowest BCUT2D eigenvalue weighted by Crippen LogP contribution is -2.24. The molecule has 0 aliphatic rings. The van der Waals surface area contributed by atoms with Crippen LogP contribution in [0.3, 0.4) is 0 Å². The van der Waals surface area contributed by atoms with Crippen molar-refractivity contribution in [3.05, 3.63) is 12.4 Å². The smallest absolute Gasteiger partial charge is 0.203 e. The molecule has 1 N–H and O–H groups in total. The zero-order valence-electron chi connectivity index (χ0n) is 11.1. The fraction of sp³-hybridized carbons (Fsp3) is 0.750. The van der Waals surface area contributed by atoms with E-state index in [-0.39, 0.29) is 0 Å². The summed E-state index contributed by atoms with van der Waals surface area (Å²) in [7, 11) is 4.20. The van der Waals surface area contributed by atoms with Gasteiger partial charge in [-0.15, -0.1) is 0 Å². The van der Waals surface area contributed by atoms with E-state index in [1.165, 1.54) is 0 Å². The number of nitrogens with zero attached hydrogens (tertiary/aromatic N) is 3. The molecule has 0 radical (unpaired) electrons. The molecule has 0 spiro atoms. The quantitative estimate of drug-likeness (QED) is 0.804. The van der Waals surface area contributed by atoms with Gasteiger partial charge in [-0.3, -0.25) is 0 Å². The Kier molecular flexibility index (Phi) is 4.80. The molecule has 0 amide bonds. The predicted molar refractivity (Wildman–Crippen MR) is 68.9 cm³/mol. The summed E-state index contributed by atoms with van der Waals surface area (Å²) in [4.78, 5) is 6.54. The predicted octanol–water partition coefficient (Wildman–Crippen LogP) is 2.22. The Morgan fingerprint density at radius 3 is 2.62 bits per heavy atom. The van der Waals surface area contributed by atoms with Crippen molar-refractivity contribution < 1.29 is 0 Å². The molecule has 1 aromatic rings. The van der Waals surface area contributed by atoms with Crippen LogP contribution in [0.15, 0.2) is 12.4 Å². The van der Waals surface area contributed by atoms with Crippen molar-refractivity contribution in [2.75, 3.05) is 26.0 Å². The molecule has 16 heavy (non-hydrogen) atoms. The maximum atomic E-state index is 4.34. The van der Waals surface area contributed by atoms with Crippen molar-refractivity contribution in [3.63, 3.8) is 0 Å². The SMILES string of the molecule is CC(CCN(C)C)Nc1nccn1C(C)C. The highest BCUT2D eigenvalue weighted by molar-refractivity contribution is 5.27. The third kappa shape index (κ3) is 3.85. The van der Waals surface area contributed by atoms with Crippen LogP contribution in [0.4, 0.5) is 5.95 Å². The Labute approximate surface area is 98.7 Å². The number of nitrogens with one attached hydrogen (secondary N) is 1. The highest BCUT2D eigenvalue weighted by Gasteiger charge is 2.09. The Bertz CT molecular complexity index is 304. The number of rotatable bonds is 6. The van der Waals surface area contributed by atoms with Gasteiger partial charge in [0.05, 0.1) is 0 Å². The molecule has 0 aliphatic heterocycles. The fourth-order valence-electron chi connectivity index (χ4n) is 1.59. The number of imidazole rings is 1. The second kappa shape index (κ2) is 5.89. The minimum absolute atomic E-state index is 0.447. The van der Waals surface area contributed by atoms with Gasteiger partial charge in [0.2, 0.25) is 5.95 Å². The maximum absolute atomic E-state index is 4.34. The van der Waals surface area contributed by atoms with Crippen molar-refractivity contribution in [2.45, 2.75) is 39.3 Å². The molecule has 1 aromatic heterocycles. The molecule has 92 valence electrons.